The lowest BCUT2D eigenvalue weighted by Crippen LogP contribution is -2.56. The van der Waals surface area contributed by atoms with Crippen molar-refractivity contribution < 1.29 is 98.1 Å². The van der Waals surface area contributed by atoms with Gasteiger partial charge in [0.25, 0.3) is 0 Å². The summed E-state index contributed by atoms with van der Waals surface area (Å²) in [6.07, 6.45) is 8.23. The highest BCUT2D eigenvalue weighted by Crippen LogP contribution is 2.24. The summed E-state index contributed by atoms with van der Waals surface area (Å²) in [4.78, 5) is 83.8. The standard InChI is InChI=1S/C22H32NO2.C19H26NO2.2C18H30NO2.C16H20NO2.C15H24NO2.C12H18NO2/c1-5-14-23(7-3,18(4)6-2)15-16-25-22(24)21-13-12-19-10-8-9-11-20(19)17-21;1-4-20(5-2,6-3)13-14-22-19(21)18-12-11-16-9-7-8-10-17(16)15-18;1-5-13-19(7-3,16(4)6-2)14-15-21-18(20)17-11-9-8-10-12-17;1-4-7-14-19(6-3,13-5-2)15-16-21-18(20)17-11-9-8-10-12-17;1-17(2,3)10-11-19-16(18)15-9-8-13-6-4-5-7-14(13)12-15;1-4-16(5-2,6-3)12-13-18-15(17)14-10-8-7-9-11-14;1-13(2,3)9-10-15-12(14)11-7-5-4-6-8-11/h8-13,17-18H,5-7,14-16H2,1-4H3;7-12,15H,4-6,13-14H2,1-3H3;8-12,16H,5-7,13-15H2,1-4H3;8-12H,4-7,13-16H2,1-3H3;4-9,12H,10-11H2,1-3H3;7-11H,4-6,12-13H2,1-3H3;4-8H,9-10H2,1-3H3/q7*+1. The maximum atomic E-state index is 12.4. The third-order valence-electron chi connectivity index (χ3n) is 27.9. The number of carbonyl (C=O) groups is 7. The number of carbonyl (C=O) groups excluding carboxylic acids is 7. The molecule has 0 aliphatic rings. The predicted octanol–water partition coefficient (Wildman–Crippen LogP) is 23.7. The van der Waals surface area contributed by atoms with E-state index in [0.717, 1.165) is 207 Å². The molecule has 141 heavy (non-hydrogen) atoms. The molecule has 0 N–H and O–H groups in total. The second-order valence-corrected chi connectivity index (χ2v) is 38.8. The van der Waals surface area contributed by atoms with Crippen molar-refractivity contribution in [2.24, 2.45) is 0 Å². The molecule has 0 fully saturated rings. The zero-order valence-electron chi connectivity index (χ0n) is 90.7. The number of esters is 7. The van der Waals surface area contributed by atoms with Crippen molar-refractivity contribution in [3.8, 4) is 0 Å². The first-order valence-electron chi connectivity index (χ1n) is 52.3. The van der Waals surface area contributed by atoms with E-state index in [1.807, 2.05) is 194 Å². The maximum absolute atomic E-state index is 12.4. The summed E-state index contributed by atoms with van der Waals surface area (Å²) in [5.41, 5.74) is 4.37. The summed E-state index contributed by atoms with van der Waals surface area (Å²) in [7, 11) is 12.4. The number of unbranched alkanes of at least 4 members (excludes halogenated alkanes) is 1. The van der Waals surface area contributed by atoms with E-state index in [-0.39, 0.29) is 41.8 Å². The number of ether oxygens (including phenoxy) is 7. The van der Waals surface area contributed by atoms with E-state index < -0.39 is 0 Å². The van der Waals surface area contributed by atoms with Crippen molar-refractivity contribution in [3.05, 3.63) is 288 Å². The van der Waals surface area contributed by atoms with Crippen LogP contribution in [0.15, 0.2) is 249 Å². The van der Waals surface area contributed by atoms with E-state index in [0.29, 0.717) is 97.3 Å². The largest absolute Gasteiger partial charge is 0.456 e. The molecule has 10 aromatic carbocycles. The molecule has 0 bridgehead atoms. The van der Waals surface area contributed by atoms with Gasteiger partial charge in [0.15, 0.2) is 0 Å². The molecule has 0 amide bonds. The molecule has 10 rings (SSSR count). The van der Waals surface area contributed by atoms with Crippen molar-refractivity contribution >= 4 is 74.1 Å². The topological polar surface area (TPSA) is 184 Å². The fourth-order valence-electron chi connectivity index (χ4n) is 17.4. The van der Waals surface area contributed by atoms with Crippen molar-refractivity contribution in [3.63, 3.8) is 0 Å². The molecule has 10 aromatic rings. The van der Waals surface area contributed by atoms with Crippen molar-refractivity contribution in [2.45, 2.75) is 175 Å². The van der Waals surface area contributed by atoms with Crippen molar-refractivity contribution in [1.29, 1.82) is 0 Å². The van der Waals surface area contributed by atoms with Crippen LogP contribution in [-0.4, -0.2) is 305 Å². The smallest absolute Gasteiger partial charge is 0.338 e. The van der Waals surface area contributed by atoms with Gasteiger partial charge in [0.1, 0.15) is 92.1 Å². The van der Waals surface area contributed by atoms with Gasteiger partial charge in [-0.05, 0) is 232 Å². The number of hydrogen-bond acceptors (Lipinski definition) is 14. The molecule has 21 heteroatoms. The van der Waals surface area contributed by atoms with E-state index in [1.165, 1.54) is 32.4 Å². The lowest BCUT2D eigenvalue weighted by Gasteiger charge is -2.42. The molecule has 0 spiro atoms. The average Bonchev–Trinajstić information content (AvgIpc) is 0.849. The van der Waals surface area contributed by atoms with Crippen LogP contribution in [0.2, 0.25) is 0 Å². The van der Waals surface area contributed by atoms with Gasteiger partial charge in [0.2, 0.25) is 0 Å². The molecule has 0 aliphatic heterocycles. The van der Waals surface area contributed by atoms with E-state index in [1.54, 1.807) is 48.5 Å². The Morgan fingerprint density at radius 2 is 0.433 bits per heavy atom. The van der Waals surface area contributed by atoms with Gasteiger partial charge in [-0.3, -0.25) is 0 Å². The van der Waals surface area contributed by atoms with Crippen LogP contribution in [0.5, 0.6) is 0 Å². The first-order chi connectivity index (χ1) is 67.6. The Morgan fingerprint density at radius 1 is 0.213 bits per heavy atom. The number of hydrogen-bond donors (Lipinski definition) is 0. The van der Waals surface area contributed by atoms with Gasteiger partial charge >= 0.3 is 41.8 Å². The third kappa shape index (κ3) is 43.8. The Hall–Kier alpha value is -11.0. The first-order valence-corrected chi connectivity index (χ1v) is 52.3. The van der Waals surface area contributed by atoms with Gasteiger partial charge in [0.05, 0.1) is 178 Å². The summed E-state index contributed by atoms with van der Waals surface area (Å²) >= 11 is 0. The Morgan fingerprint density at radius 3 is 0.652 bits per heavy atom. The maximum Gasteiger partial charge on any atom is 0.338 e. The van der Waals surface area contributed by atoms with Crippen LogP contribution in [-0.2, 0) is 33.2 Å². The Labute approximate surface area is 849 Å². The summed E-state index contributed by atoms with van der Waals surface area (Å²) in [5.74, 6) is -1.60. The number of rotatable bonds is 50. The minimum Gasteiger partial charge on any atom is -0.456 e. The van der Waals surface area contributed by atoms with Gasteiger partial charge in [-0.15, -0.1) is 0 Å². The molecular weight excluding hydrogens is 1760 g/mol. The lowest BCUT2D eigenvalue weighted by molar-refractivity contribution is -0.948. The molecule has 0 heterocycles. The second-order valence-electron chi connectivity index (χ2n) is 38.8. The van der Waals surface area contributed by atoms with Gasteiger partial charge in [-0.2, -0.15) is 0 Å². The Kier molecular flexibility index (Phi) is 57.2. The number of fused-ring (bicyclic) bond motifs is 3. The predicted molar refractivity (Wildman–Crippen MR) is 581 cm³/mol. The summed E-state index contributed by atoms with van der Waals surface area (Å²) in [6, 6.07) is 79.0. The second kappa shape index (κ2) is 66.0. The number of likely N-dealkylation sites (N-methyl/N-ethyl adjacent to an activating group) is 7. The van der Waals surface area contributed by atoms with Crippen LogP contribution < -0.4 is 0 Å². The monoisotopic (exact) mass is 1940 g/mol. The fraction of sp³-hybridized carbons (Fsp3) is 0.492. The number of quaternary nitrogens is 7. The molecule has 5 atom stereocenters. The van der Waals surface area contributed by atoms with Crippen LogP contribution in [0.1, 0.15) is 235 Å². The molecule has 0 radical (unpaired) electrons. The molecule has 0 aromatic heterocycles. The van der Waals surface area contributed by atoms with E-state index in [4.69, 9.17) is 33.2 Å². The zero-order chi connectivity index (χ0) is 104. The third-order valence-corrected chi connectivity index (χ3v) is 27.9. The molecule has 0 saturated carbocycles. The lowest BCUT2D eigenvalue weighted by atomic mass is 10.1. The Bertz CT molecular complexity index is 5180. The van der Waals surface area contributed by atoms with Crippen LogP contribution in [0, 0.1) is 0 Å². The SMILES string of the molecule is CCCC[N+](CC)(CCC)CCOC(=O)c1ccccc1.CCC[N+](CC)(CCOC(=O)c1ccc2ccccc2c1)C(C)CC.CCC[N+](CC)(CCOC(=O)c1ccccc1)C(C)CC.CC[N+](CC)(CC)CCOC(=O)c1ccc2ccccc2c1.CC[N+](CC)(CC)CCOC(=O)c1ccccc1.C[N+](C)(C)CCOC(=O)c1ccc2ccccc2c1.C[N+](C)(C)CCOC(=O)c1ccccc1. The van der Waals surface area contributed by atoms with E-state index >= 15 is 0 Å². The average molecular weight is 1940 g/mol. The quantitative estimate of drug-likeness (QED) is 0.0199. The summed E-state index contributed by atoms with van der Waals surface area (Å²) < 4.78 is 44.5. The van der Waals surface area contributed by atoms with Crippen LogP contribution in [0.4, 0.5) is 0 Å². The number of nitrogens with zero attached hydrogens (tertiary/aromatic N) is 7. The highest BCUT2D eigenvalue weighted by Gasteiger charge is 2.33. The van der Waals surface area contributed by atoms with Gasteiger partial charge < -0.3 is 64.5 Å². The molecule has 772 valence electrons. The van der Waals surface area contributed by atoms with Gasteiger partial charge in [0, 0.05) is 0 Å². The molecule has 0 aliphatic carbocycles. The Balaban J connectivity index is 0.000000345. The minimum absolute atomic E-state index is 0.211. The first kappa shape index (κ1) is 122. The molecule has 5 unspecified atom stereocenters. The van der Waals surface area contributed by atoms with Crippen LogP contribution in [0.25, 0.3) is 32.3 Å². The minimum atomic E-state index is -0.251. The highest BCUT2D eigenvalue weighted by molar-refractivity contribution is 5.98. The zero-order valence-corrected chi connectivity index (χ0v) is 90.7. The fourth-order valence-corrected chi connectivity index (χ4v) is 17.4. The van der Waals surface area contributed by atoms with Crippen LogP contribution in [0.3, 0.4) is 0 Å². The van der Waals surface area contributed by atoms with Gasteiger partial charge in [-0.25, -0.2) is 33.6 Å². The van der Waals surface area contributed by atoms with Crippen molar-refractivity contribution in [1.82, 2.24) is 0 Å². The molecular formula is C120H180N7O14+7. The molecule has 21 nitrogen and oxygen atoms in total. The van der Waals surface area contributed by atoms with Crippen LogP contribution >= 0.6 is 0 Å². The summed E-state index contributed by atoms with van der Waals surface area (Å²) in [6.45, 7) is 61.6. The van der Waals surface area contributed by atoms with Gasteiger partial charge in [-0.1, -0.05) is 212 Å². The normalized spacial score (nSPS) is 12.9. The van der Waals surface area contributed by atoms with E-state index in [9.17, 15) is 33.6 Å². The number of benzene rings is 10. The summed E-state index contributed by atoms with van der Waals surface area (Å²) in [5, 5.41) is 6.60. The molecule has 0 saturated heterocycles. The van der Waals surface area contributed by atoms with E-state index in [2.05, 4.69) is 166 Å². The highest BCUT2D eigenvalue weighted by atomic mass is 16.6. The van der Waals surface area contributed by atoms with Crippen molar-refractivity contribution in [2.75, 3.05) is 219 Å².